The maximum atomic E-state index is 12.5. The molecule has 0 aliphatic rings. The highest BCUT2D eigenvalue weighted by Crippen LogP contribution is 2.15. The average molecular weight is 394 g/mol. The molecule has 0 aliphatic heterocycles. The van der Waals surface area contributed by atoms with Crippen molar-refractivity contribution in [3.63, 3.8) is 0 Å². The first kappa shape index (κ1) is 20.1. The lowest BCUT2D eigenvalue weighted by Crippen LogP contribution is -2.47. The predicted octanol–water partition coefficient (Wildman–Crippen LogP) is 3.63. The summed E-state index contributed by atoms with van der Waals surface area (Å²) in [6.07, 6.45) is 0. The Bertz CT molecular complexity index is 942. The summed E-state index contributed by atoms with van der Waals surface area (Å²) in [5.74, 6) is -0.167. The lowest BCUT2D eigenvalue weighted by molar-refractivity contribution is -0.149. The van der Waals surface area contributed by atoms with E-state index in [4.69, 9.17) is 9.26 Å². The van der Waals surface area contributed by atoms with Crippen molar-refractivity contribution in [1.29, 1.82) is 0 Å². The molecule has 0 aliphatic carbocycles. The van der Waals surface area contributed by atoms with Gasteiger partial charge in [-0.2, -0.15) is 4.98 Å². The van der Waals surface area contributed by atoms with E-state index in [1.807, 2.05) is 50.2 Å². The van der Waals surface area contributed by atoms with Crippen LogP contribution < -0.4 is 10.6 Å². The molecule has 2 N–H and O–H groups in total. The second-order valence-electron chi connectivity index (χ2n) is 6.67. The number of aromatic nitrogens is 2. The van der Waals surface area contributed by atoms with E-state index in [0.717, 1.165) is 5.56 Å². The first-order valence-corrected chi connectivity index (χ1v) is 9.20. The van der Waals surface area contributed by atoms with E-state index in [-0.39, 0.29) is 18.4 Å². The molecule has 8 nitrogen and oxygen atoms in total. The van der Waals surface area contributed by atoms with E-state index in [1.165, 1.54) is 0 Å². The van der Waals surface area contributed by atoms with Crippen LogP contribution in [0, 0.1) is 5.92 Å². The molecule has 3 rings (SSSR count). The Hall–Kier alpha value is -3.68. The van der Waals surface area contributed by atoms with Crippen molar-refractivity contribution in [2.24, 2.45) is 5.92 Å². The lowest BCUT2D eigenvalue weighted by atomic mass is 10.1. The van der Waals surface area contributed by atoms with Crippen LogP contribution in [0.2, 0.25) is 0 Å². The largest absolute Gasteiger partial charge is 0.454 e. The standard InChI is InChI=1S/C21H22N4O4/c1-14(2)18(24-21(27)22-16-11-7-4-8-12-16)20(26)28-13-17-23-19(25-29-17)15-9-5-3-6-10-15/h3-12,14,18H,13H2,1-2H3,(H2,22,24,27)/t18-/m1/s1. The number of amides is 2. The molecule has 1 aromatic heterocycles. The molecule has 0 spiro atoms. The van der Waals surface area contributed by atoms with Gasteiger partial charge in [0.2, 0.25) is 5.82 Å². The molecule has 29 heavy (non-hydrogen) atoms. The molecule has 0 fully saturated rings. The van der Waals surface area contributed by atoms with Gasteiger partial charge in [0.15, 0.2) is 6.61 Å². The summed E-state index contributed by atoms with van der Waals surface area (Å²) in [6, 6.07) is 17.0. The van der Waals surface area contributed by atoms with Gasteiger partial charge in [0, 0.05) is 11.3 Å². The monoisotopic (exact) mass is 394 g/mol. The number of ether oxygens (including phenoxy) is 1. The minimum absolute atomic E-state index is 0.174. The first-order valence-electron chi connectivity index (χ1n) is 9.20. The minimum atomic E-state index is -0.824. The van der Waals surface area contributed by atoms with E-state index in [2.05, 4.69) is 20.8 Å². The summed E-state index contributed by atoms with van der Waals surface area (Å²) in [5.41, 5.74) is 1.42. The molecule has 1 heterocycles. The Morgan fingerprint density at radius 1 is 1.03 bits per heavy atom. The van der Waals surface area contributed by atoms with Crippen molar-refractivity contribution in [1.82, 2.24) is 15.5 Å². The summed E-state index contributed by atoms with van der Waals surface area (Å²) in [6.45, 7) is 3.45. The van der Waals surface area contributed by atoms with Crippen LogP contribution in [0.3, 0.4) is 0 Å². The second-order valence-corrected chi connectivity index (χ2v) is 6.67. The van der Waals surface area contributed by atoms with E-state index in [1.54, 1.807) is 24.3 Å². The SMILES string of the molecule is CC(C)[C@@H](NC(=O)Nc1ccccc1)C(=O)OCc1nc(-c2ccccc2)no1. The fourth-order valence-corrected chi connectivity index (χ4v) is 2.57. The number of benzene rings is 2. The molecule has 0 radical (unpaired) electrons. The zero-order valence-corrected chi connectivity index (χ0v) is 16.2. The maximum absolute atomic E-state index is 12.5. The van der Waals surface area contributed by atoms with Crippen LogP contribution in [-0.4, -0.2) is 28.2 Å². The molecule has 1 atom stereocenters. The molecular formula is C21H22N4O4. The summed E-state index contributed by atoms with van der Waals surface area (Å²) >= 11 is 0. The maximum Gasteiger partial charge on any atom is 0.329 e. The highest BCUT2D eigenvalue weighted by molar-refractivity contribution is 5.92. The fourth-order valence-electron chi connectivity index (χ4n) is 2.57. The van der Waals surface area contributed by atoms with Gasteiger partial charge in [-0.05, 0) is 18.1 Å². The number of nitrogens with zero attached hydrogens (tertiary/aromatic N) is 2. The third kappa shape index (κ3) is 5.65. The van der Waals surface area contributed by atoms with Gasteiger partial charge >= 0.3 is 12.0 Å². The number of para-hydroxylation sites is 1. The van der Waals surface area contributed by atoms with E-state index in [9.17, 15) is 9.59 Å². The number of urea groups is 1. The number of carbonyl (C=O) groups is 2. The van der Waals surface area contributed by atoms with Crippen molar-refractivity contribution in [2.45, 2.75) is 26.5 Å². The summed E-state index contributed by atoms with van der Waals surface area (Å²) in [5, 5.41) is 9.20. The Labute approximate surface area is 168 Å². The highest BCUT2D eigenvalue weighted by Gasteiger charge is 2.26. The molecule has 8 heteroatoms. The van der Waals surface area contributed by atoms with Gasteiger partial charge in [0.1, 0.15) is 6.04 Å². The number of nitrogens with one attached hydrogen (secondary N) is 2. The lowest BCUT2D eigenvalue weighted by Gasteiger charge is -2.20. The van der Waals surface area contributed by atoms with Gasteiger partial charge in [-0.15, -0.1) is 0 Å². The fraction of sp³-hybridized carbons (Fsp3) is 0.238. The van der Waals surface area contributed by atoms with Crippen molar-refractivity contribution in [3.8, 4) is 11.4 Å². The van der Waals surface area contributed by atoms with E-state index >= 15 is 0 Å². The first-order chi connectivity index (χ1) is 14.0. The van der Waals surface area contributed by atoms with Gasteiger partial charge in [-0.3, -0.25) is 0 Å². The summed E-state index contributed by atoms with van der Waals surface area (Å²) in [7, 11) is 0. The molecule has 0 saturated heterocycles. The number of rotatable bonds is 7. The minimum Gasteiger partial charge on any atom is -0.454 e. The van der Waals surface area contributed by atoms with Crippen molar-refractivity contribution in [2.75, 3.05) is 5.32 Å². The Kier molecular flexibility index (Phi) is 6.57. The van der Waals surface area contributed by atoms with Gasteiger partial charge in [-0.25, -0.2) is 9.59 Å². The highest BCUT2D eigenvalue weighted by atomic mass is 16.6. The third-order valence-corrected chi connectivity index (χ3v) is 4.08. The van der Waals surface area contributed by atoms with Crippen LogP contribution in [-0.2, 0) is 16.1 Å². The quantitative estimate of drug-likeness (QED) is 0.593. The molecule has 0 unspecified atom stereocenters. The van der Waals surface area contributed by atoms with Crippen LogP contribution >= 0.6 is 0 Å². The molecule has 0 saturated carbocycles. The Morgan fingerprint density at radius 2 is 1.69 bits per heavy atom. The van der Waals surface area contributed by atoms with Crippen LogP contribution in [0.15, 0.2) is 65.2 Å². The normalized spacial score (nSPS) is 11.7. The van der Waals surface area contributed by atoms with Crippen LogP contribution in [0.4, 0.5) is 10.5 Å². The number of anilines is 1. The molecule has 3 aromatic rings. The van der Waals surface area contributed by atoms with Gasteiger partial charge in [-0.1, -0.05) is 67.5 Å². The molecule has 2 aromatic carbocycles. The van der Waals surface area contributed by atoms with Gasteiger partial charge < -0.3 is 19.9 Å². The van der Waals surface area contributed by atoms with Crippen LogP contribution in [0.1, 0.15) is 19.7 Å². The zero-order valence-electron chi connectivity index (χ0n) is 16.2. The molecular weight excluding hydrogens is 372 g/mol. The number of esters is 1. The second kappa shape index (κ2) is 9.50. The number of hydrogen-bond acceptors (Lipinski definition) is 6. The van der Waals surface area contributed by atoms with Gasteiger partial charge in [0.25, 0.3) is 5.89 Å². The topological polar surface area (TPSA) is 106 Å². The van der Waals surface area contributed by atoms with Crippen LogP contribution in [0.5, 0.6) is 0 Å². The van der Waals surface area contributed by atoms with E-state index in [0.29, 0.717) is 11.5 Å². The van der Waals surface area contributed by atoms with Crippen molar-refractivity contribution >= 4 is 17.7 Å². The van der Waals surface area contributed by atoms with Crippen LogP contribution in [0.25, 0.3) is 11.4 Å². The third-order valence-electron chi connectivity index (χ3n) is 4.08. The molecule has 0 bridgehead atoms. The number of hydrogen-bond donors (Lipinski definition) is 2. The molecule has 150 valence electrons. The molecule has 2 amide bonds. The summed E-state index contributed by atoms with van der Waals surface area (Å²) in [4.78, 5) is 28.9. The predicted molar refractivity (Wildman–Crippen MR) is 107 cm³/mol. The van der Waals surface area contributed by atoms with Crippen molar-refractivity contribution < 1.29 is 18.8 Å². The summed E-state index contributed by atoms with van der Waals surface area (Å²) < 4.78 is 10.4. The average Bonchev–Trinajstić information content (AvgIpc) is 3.20. The Morgan fingerprint density at radius 3 is 2.34 bits per heavy atom. The van der Waals surface area contributed by atoms with E-state index < -0.39 is 18.0 Å². The van der Waals surface area contributed by atoms with Gasteiger partial charge in [0.05, 0.1) is 0 Å². The number of carbonyl (C=O) groups excluding carboxylic acids is 2. The Balaban J connectivity index is 1.56. The smallest absolute Gasteiger partial charge is 0.329 e. The van der Waals surface area contributed by atoms with Crippen molar-refractivity contribution in [3.05, 3.63) is 66.6 Å². The zero-order chi connectivity index (χ0) is 20.6.